The molecule has 0 amide bonds. The highest BCUT2D eigenvalue weighted by Gasteiger charge is 2.09. The minimum atomic E-state index is 0.720. The van der Waals surface area contributed by atoms with E-state index in [2.05, 4.69) is 19.1 Å². The van der Waals surface area contributed by atoms with Gasteiger partial charge in [-0.15, -0.1) is 0 Å². The van der Waals surface area contributed by atoms with Gasteiger partial charge in [0.05, 0.1) is 14.2 Å². The number of ether oxygens (including phenoxy) is 2. The van der Waals surface area contributed by atoms with Gasteiger partial charge in [0, 0.05) is 0 Å². The van der Waals surface area contributed by atoms with Crippen molar-refractivity contribution in [2.24, 2.45) is 5.73 Å². The molecule has 16 heavy (non-hydrogen) atoms. The maximum atomic E-state index is 5.54. The lowest BCUT2D eigenvalue weighted by Crippen LogP contribution is -2.03. The topological polar surface area (TPSA) is 44.5 Å². The Morgan fingerprint density at radius 3 is 2.06 bits per heavy atom. The highest BCUT2D eigenvalue weighted by atomic mass is 16.5. The Morgan fingerprint density at radius 1 is 1.06 bits per heavy atom. The van der Waals surface area contributed by atoms with E-state index in [1.165, 1.54) is 11.1 Å². The zero-order valence-corrected chi connectivity index (χ0v) is 10.4. The van der Waals surface area contributed by atoms with Gasteiger partial charge in [-0.2, -0.15) is 0 Å². The van der Waals surface area contributed by atoms with Gasteiger partial charge in [-0.05, 0) is 49.1 Å². The van der Waals surface area contributed by atoms with Crippen LogP contribution in [0.3, 0.4) is 0 Å². The molecular formula is C13H21NO2. The second-order valence-electron chi connectivity index (χ2n) is 3.72. The van der Waals surface area contributed by atoms with Crippen molar-refractivity contribution in [3.05, 3.63) is 23.3 Å². The van der Waals surface area contributed by atoms with Gasteiger partial charge in [-0.3, -0.25) is 0 Å². The molecule has 1 aromatic carbocycles. The summed E-state index contributed by atoms with van der Waals surface area (Å²) in [6, 6.07) is 4.12. The molecule has 0 aliphatic heterocycles. The molecule has 0 fully saturated rings. The Balaban J connectivity index is 3.05. The highest BCUT2D eigenvalue weighted by Crippen LogP contribution is 2.31. The molecule has 2 N–H and O–H groups in total. The van der Waals surface area contributed by atoms with E-state index in [1.807, 2.05) is 0 Å². The molecular weight excluding hydrogens is 202 g/mol. The van der Waals surface area contributed by atoms with E-state index in [4.69, 9.17) is 15.2 Å². The molecule has 3 heteroatoms. The van der Waals surface area contributed by atoms with Gasteiger partial charge < -0.3 is 15.2 Å². The smallest absolute Gasteiger partial charge is 0.161 e. The van der Waals surface area contributed by atoms with Crippen LogP contribution in [0.1, 0.15) is 24.5 Å². The van der Waals surface area contributed by atoms with Crippen LogP contribution in [0.5, 0.6) is 11.5 Å². The minimum Gasteiger partial charge on any atom is -0.493 e. The summed E-state index contributed by atoms with van der Waals surface area (Å²) in [5.74, 6) is 1.60. The lowest BCUT2D eigenvalue weighted by atomic mass is 10.00. The van der Waals surface area contributed by atoms with Crippen molar-refractivity contribution in [2.45, 2.75) is 26.2 Å². The van der Waals surface area contributed by atoms with Gasteiger partial charge in [0.25, 0.3) is 0 Å². The van der Waals surface area contributed by atoms with Gasteiger partial charge in [0.1, 0.15) is 0 Å². The van der Waals surface area contributed by atoms with Crippen molar-refractivity contribution in [3.8, 4) is 11.5 Å². The number of hydrogen-bond acceptors (Lipinski definition) is 3. The summed E-state index contributed by atoms with van der Waals surface area (Å²) in [5, 5.41) is 0. The van der Waals surface area contributed by atoms with Gasteiger partial charge in [0.15, 0.2) is 11.5 Å². The number of methoxy groups -OCH3 is 2. The quantitative estimate of drug-likeness (QED) is 0.803. The van der Waals surface area contributed by atoms with Crippen molar-refractivity contribution in [1.82, 2.24) is 0 Å². The molecule has 1 rings (SSSR count). The molecule has 1 aromatic rings. The average Bonchev–Trinajstić information content (AvgIpc) is 2.35. The molecule has 0 spiro atoms. The van der Waals surface area contributed by atoms with E-state index >= 15 is 0 Å². The zero-order chi connectivity index (χ0) is 12.0. The minimum absolute atomic E-state index is 0.720. The summed E-state index contributed by atoms with van der Waals surface area (Å²) in [5.41, 5.74) is 8.16. The molecule has 3 nitrogen and oxygen atoms in total. The zero-order valence-electron chi connectivity index (χ0n) is 10.4. The molecule has 0 saturated heterocycles. The Bertz CT molecular complexity index is 337. The maximum Gasteiger partial charge on any atom is 0.161 e. The normalized spacial score (nSPS) is 10.2. The van der Waals surface area contributed by atoms with Crippen LogP contribution in [0.25, 0.3) is 0 Å². The number of nitrogens with two attached hydrogens (primary N) is 1. The molecule has 0 aliphatic carbocycles. The SMILES string of the molecule is CCc1cc(OC)c(OC)cc1CCCN. The fourth-order valence-electron chi connectivity index (χ4n) is 1.82. The van der Waals surface area contributed by atoms with Gasteiger partial charge in [0.2, 0.25) is 0 Å². The summed E-state index contributed by atoms with van der Waals surface area (Å²) < 4.78 is 10.6. The molecule has 0 heterocycles. The van der Waals surface area contributed by atoms with Crippen LogP contribution in [-0.4, -0.2) is 20.8 Å². The van der Waals surface area contributed by atoms with Crippen molar-refractivity contribution < 1.29 is 9.47 Å². The van der Waals surface area contributed by atoms with Crippen molar-refractivity contribution in [2.75, 3.05) is 20.8 Å². The van der Waals surface area contributed by atoms with Crippen LogP contribution in [0.4, 0.5) is 0 Å². The first-order valence-electron chi connectivity index (χ1n) is 5.70. The van der Waals surface area contributed by atoms with E-state index < -0.39 is 0 Å². The lowest BCUT2D eigenvalue weighted by Gasteiger charge is -2.13. The predicted octanol–water partition coefficient (Wildman–Crippen LogP) is 2.16. The second-order valence-corrected chi connectivity index (χ2v) is 3.72. The summed E-state index contributed by atoms with van der Waals surface area (Å²) in [7, 11) is 3.33. The third-order valence-electron chi connectivity index (χ3n) is 2.74. The molecule has 0 saturated carbocycles. The number of benzene rings is 1. The van der Waals surface area contributed by atoms with Gasteiger partial charge >= 0.3 is 0 Å². The predicted molar refractivity (Wildman–Crippen MR) is 66.3 cm³/mol. The van der Waals surface area contributed by atoms with E-state index in [1.54, 1.807) is 14.2 Å². The van der Waals surface area contributed by atoms with Crippen LogP contribution in [0.15, 0.2) is 12.1 Å². The Morgan fingerprint density at radius 2 is 1.62 bits per heavy atom. The Hall–Kier alpha value is -1.22. The third-order valence-corrected chi connectivity index (χ3v) is 2.74. The molecule has 0 aromatic heterocycles. The first-order chi connectivity index (χ1) is 7.76. The van der Waals surface area contributed by atoms with Crippen LogP contribution in [0, 0.1) is 0 Å². The lowest BCUT2D eigenvalue weighted by molar-refractivity contribution is 0.354. The Labute approximate surface area is 97.6 Å². The van der Waals surface area contributed by atoms with Crippen LogP contribution < -0.4 is 15.2 Å². The number of hydrogen-bond donors (Lipinski definition) is 1. The van der Waals surface area contributed by atoms with E-state index in [0.717, 1.165) is 37.3 Å². The second kappa shape index (κ2) is 6.38. The standard InChI is InChI=1S/C13H21NO2/c1-4-10-8-12(15-2)13(16-3)9-11(10)6-5-7-14/h8-9H,4-7,14H2,1-3H3. The van der Waals surface area contributed by atoms with Crippen LogP contribution >= 0.6 is 0 Å². The first-order valence-corrected chi connectivity index (χ1v) is 5.70. The molecule has 0 unspecified atom stereocenters. The summed E-state index contributed by atoms with van der Waals surface area (Å²) in [6.45, 7) is 2.87. The molecule has 90 valence electrons. The molecule has 0 atom stereocenters. The molecule has 0 bridgehead atoms. The van der Waals surface area contributed by atoms with E-state index in [9.17, 15) is 0 Å². The first kappa shape index (κ1) is 12.8. The third kappa shape index (κ3) is 2.89. The molecule has 0 aliphatic rings. The number of rotatable bonds is 6. The van der Waals surface area contributed by atoms with Crippen molar-refractivity contribution in [1.29, 1.82) is 0 Å². The van der Waals surface area contributed by atoms with Crippen LogP contribution in [-0.2, 0) is 12.8 Å². The van der Waals surface area contributed by atoms with Crippen molar-refractivity contribution >= 4 is 0 Å². The van der Waals surface area contributed by atoms with Crippen molar-refractivity contribution in [3.63, 3.8) is 0 Å². The molecule has 0 radical (unpaired) electrons. The Kier molecular flexibility index (Phi) is 5.12. The summed E-state index contributed by atoms with van der Waals surface area (Å²) >= 11 is 0. The monoisotopic (exact) mass is 223 g/mol. The van der Waals surface area contributed by atoms with Crippen LogP contribution in [0.2, 0.25) is 0 Å². The fraction of sp³-hybridized carbons (Fsp3) is 0.538. The van der Waals surface area contributed by atoms with E-state index in [-0.39, 0.29) is 0 Å². The average molecular weight is 223 g/mol. The largest absolute Gasteiger partial charge is 0.493 e. The maximum absolute atomic E-state index is 5.54. The summed E-state index contributed by atoms with van der Waals surface area (Å²) in [4.78, 5) is 0. The number of aryl methyl sites for hydroxylation is 2. The summed E-state index contributed by atoms with van der Waals surface area (Å²) in [6.07, 6.45) is 3.00. The fourth-order valence-corrected chi connectivity index (χ4v) is 1.82. The van der Waals surface area contributed by atoms with E-state index in [0.29, 0.717) is 0 Å². The van der Waals surface area contributed by atoms with Gasteiger partial charge in [-0.1, -0.05) is 6.92 Å². The van der Waals surface area contributed by atoms with Gasteiger partial charge in [-0.25, -0.2) is 0 Å². The highest BCUT2D eigenvalue weighted by molar-refractivity contribution is 5.47.